The summed E-state index contributed by atoms with van der Waals surface area (Å²) >= 11 is 1.37. The zero-order valence-corrected chi connectivity index (χ0v) is 18.1. The number of aliphatic hydroxyl groups is 1. The van der Waals surface area contributed by atoms with Gasteiger partial charge in [0.25, 0.3) is 5.91 Å². The van der Waals surface area contributed by atoms with E-state index in [-0.39, 0.29) is 5.91 Å². The molecule has 0 bridgehead atoms. The van der Waals surface area contributed by atoms with Crippen LogP contribution in [0.25, 0.3) is 0 Å². The molecule has 0 saturated carbocycles. The minimum atomic E-state index is -0.892. The lowest BCUT2D eigenvalue weighted by atomic mass is 9.78. The van der Waals surface area contributed by atoms with Crippen molar-refractivity contribution in [2.24, 2.45) is 0 Å². The van der Waals surface area contributed by atoms with E-state index >= 15 is 0 Å². The third-order valence-corrected chi connectivity index (χ3v) is 6.65. The molecule has 0 aliphatic carbocycles. The van der Waals surface area contributed by atoms with Gasteiger partial charge in [-0.3, -0.25) is 4.79 Å². The second kappa shape index (κ2) is 8.12. The van der Waals surface area contributed by atoms with Gasteiger partial charge in [-0.25, -0.2) is 4.98 Å². The van der Waals surface area contributed by atoms with Gasteiger partial charge in [0.2, 0.25) is 0 Å². The Hall–Kier alpha value is -2.84. The molecule has 2 atom stereocenters. The van der Waals surface area contributed by atoms with Crippen molar-refractivity contribution in [3.63, 3.8) is 0 Å². The van der Waals surface area contributed by atoms with Crippen LogP contribution in [-0.4, -0.2) is 45.4 Å². The molecule has 0 spiro atoms. The number of piperidine rings is 1. The van der Waals surface area contributed by atoms with Gasteiger partial charge in [-0.05, 0) is 44.9 Å². The summed E-state index contributed by atoms with van der Waals surface area (Å²) in [7, 11) is 0. The maximum Gasteiger partial charge on any atom is 0.264 e. The normalized spacial score (nSPS) is 21.5. The molecule has 4 rings (SSSR count). The quantitative estimate of drug-likeness (QED) is 0.671. The summed E-state index contributed by atoms with van der Waals surface area (Å²) in [5, 5.41) is 23.7. The number of aliphatic hydroxyl groups excluding tert-OH is 1. The Bertz CT molecular complexity index is 1040. The molecule has 7 nitrogen and oxygen atoms in total. The molecular weight excluding hydrogens is 398 g/mol. The predicted octanol–water partition coefficient (Wildman–Crippen LogP) is 2.75. The number of carbonyl (C=O) groups is 1. The SMILES string of the molecule is Cc1ccc(N2CC[C@@](NC(=O)c3sc(C)nc3C)(c3ccccc3)[C@H](O)C2)nn1. The summed E-state index contributed by atoms with van der Waals surface area (Å²) in [6.45, 7) is 6.58. The van der Waals surface area contributed by atoms with Gasteiger partial charge in [0.1, 0.15) is 4.88 Å². The molecule has 3 heterocycles. The molecule has 30 heavy (non-hydrogen) atoms. The number of benzene rings is 1. The van der Waals surface area contributed by atoms with Gasteiger partial charge in [-0.2, -0.15) is 5.10 Å². The minimum absolute atomic E-state index is 0.204. The number of nitrogens with zero attached hydrogens (tertiary/aromatic N) is 4. The van der Waals surface area contributed by atoms with E-state index in [0.717, 1.165) is 22.1 Å². The van der Waals surface area contributed by atoms with Crippen LogP contribution >= 0.6 is 11.3 Å². The molecule has 1 aliphatic rings. The van der Waals surface area contributed by atoms with Crippen LogP contribution in [0.15, 0.2) is 42.5 Å². The Morgan fingerprint density at radius 1 is 1.17 bits per heavy atom. The average Bonchev–Trinajstić information content (AvgIpc) is 3.09. The molecular formula is C22H25N5O2S. The number of aromatic nitrogens is 3. The van der Waals surface area contributed by atoms with E-state index in [2.05, 4.69) is 20.5 Å². The van der Waals surface area contributed by atoms with Gasteiger partial charge in [0.15, 0.2) is 5.82 Å². The Balaban J connectivity index is 1.65. The molecule has 3 aromatic rings. The molecule has 1 saturated heterocycles. The Labute approximate surface area is 179 Å². The van der Waals surface area contributed by atoms with Crippen molar-refractivity contribution in [3.05, 3.63) is 69.3 Å². The Kier molecular flexibility index (Phi) is 5.53. The fourth-order valence-corrected chi connectivity index (χ4v) is 4.81. The second-order valence-corrected chi connectivity index (χ2v) is 8.89. The lowest BCUT2D eigenvalue weighted by Crippen LogP contribution is -2.62. The molecule has 1 amide bonds. The Morgan fingerprint density at radius 3 is 2.53 bits per heavy atom. The monoisotopic (exact) mass is 423 g/mol. The summed E-state index contributed by atoms with van der Waals surface area (Å²) < 4.78 is 0. The van der Waals surface area contributed by atoms with Gasteiger partial charge >= 0.3 is 0 Å². The van der Waals surface area contributed by atoms with E-state index in [1.807, 2.05) is 68.1 Å². The number of aryl methyl sites for hydroxylation is 3. The number of nitrogens with one attached hydrogen (secondary N) is 1. The van der Waals surface area contributed by atoms with Crippen LogP contribution in [0.1, 0.15) is 38.1 Å². The van der Waals surface area contributed by atoms with Crippen molar-refractivity contribution in [2.45, 2.75) is 38.8 Å². The van der Waals surface area contributed by atoms with Crippen LogP contribution in [0.2, 0.25) is 0 Å². The van der Waals surface area contributed by atoms with Crippen molar-refractivity contribution >= 4 is 23.1 Å². The molecule has 0 radical (unpaired) electrons. The molecule has 2 aromatic heterocycles. The highest BCUT2D eigenvalue weighted by molar-refractivity contribution is 7.13. The number of hydrogen-bond donors (Lipinski definition) is 2. The first-order valence-electron chi connectivity index (χ1n) is 9.94. The summed E-state index contributed by atoms with van der Waals surface area (Å²) in [4.78, 5) is 20.1. The molecule has 8 heteroatoms. The first-order chi connectivity index (χ1) is 14.4. The fraction of sp³-hybridized carbons (Fsp3) is 0.364. The lowest BCUT2D eigenvalue weighted by molar-refractivity contribution is 0.0366. The van der Waals surface area contributed by atoms with Gasteiger partial charge < -0.3 is 15.3 Å². The van der Waals surface area contributed by atoms with E-state index in [1.165, 1.54) is 11.3 Å². The third-order valence-electron chi connectivity index (χ3n) is 5.58. The van der Waals surface area contributed by atoms with Crippen molar-refractivity contribution in [3.8, 4) is 0 Å². The Morgan fingerprint density at radius 2 is 1.93 bits per heavy atom. The predicted molar refractivity (Wildman–Crippen MR) is 117 cm³/mol. The molecule has 2 N–H and O–H groups in total. The maximum absolute atomic E-state index is 13.2. The van der Waals surface area contributed by atoms with Gasteiger partial charge in [-0.15, -0.1) is 16.4 Å². The number of β-amino-alcohol motifs (C(OH)–C–C–N with tert-alkyl or cyclic N) is 1. The van der Waals surface area contributed by atoms with Gasteiger partial charge in [0.05, 0.1) is 28.0 Å². The van der Waals surface area contributed by atoms with Crippen LogP contribution in [0.4, 0.5) is 5.82 Å². The first kappa shape index (κ1) is 20.4. The maximum atomic E-state index is 13.2. The summed E-state index contributed by atoms with van der Waals surface area (Å²) in [6.07, 6.45) is -0.286. The molecule has 1 aromatic carbocycles. The van der Waals surface area contributed by atoms with E-state index in [9.17, 15) is 9.90 Å². The number of amides is 1. The molecule has 156 valence electrons. The number of thiazole rings is 1. The highest BCUT2D eigenvalue weighted by atomic mass is 32.1. The fourth-order valence-electron chi connectivity index (χ4n) is 3.99. The molecule has 1 aliphatic heterocycles. The largest absolute Gasteiger partial charge is 0.388 e. The van der Waals surface area contributed by atoms with E-state index < -0.39 is 11.6 Å². The topological polar surface area (TPSA) is 91.2 Å². The summed E-state index contributed by atoms with van der Waals surface area (Å²) in [5.74, 6) is 0.520. The van der Waals surface area contributed by atoms with Crippen molar-refractivity contribution in [1.29, 1.82) is 0 Å². The van der Waals surface area contributed by atoms with Crippen molar-refractivity contribution < 1.29 is 9.90 Å². The molecule has 1 fully saturated rings. The highest BCUT2D eigenvalue weighted by Crippen LogP contribution is 2.35. The molecule has 0 unspecified atom stereocenters. The van der Waals surface area contributed by atoms with Crippen molar-refractivity contribution in [1.82, 2.24) is 20.5 Å². The smallest absolute Gasteiger partial charge is 0.264 e. The van der Waals surface area contributed by atoms with Crippen LogP contribution in [0, 0.1) is 20.8 Å². The zero-order chi connectivity index (χ0) is 21.3. The third kappa shape index (κ3) is 3.80. The number of carbonyl (C=O) groups excluding carboxylic acids is 1. The van der Waals surface area contributed by atoms with Crippen molar-refractivity contribution in [2.75, 3.05) is 18.0 Å². The minimum Gasteiger partial charge on any atom is -0.388 e. The summed E-state index contributed by atoms with van der Waals surface area (Å²) in [5.41, 5.74) is 1.55. The van der Waals surface area contributed by atoms with Crippen LogP contribution < -0.4 is 10.2 Å². The number of anilines is 1. The summed E-state index contributed by atoms with van der Waals surface area (Å²) in [6, 6.07) is 13.5. The van der Waals surface area contributed by atoms with E-state index in [4.69, 9.17) is 0 Å². The number of rotatable bonds is 4. The van der Waals surface area contributed by atoms with Gasteiger partial charge in [-0.1, -0.05) is 30.3 Å². The van der Waals surface area contributed by atoms with E-state index in [1.54, 1.807) is 0 Å². The zero-order valence-electron chi connectivity index (χ0n) is 17.3. The average molecular weight is 424 g/mol. The van der Waals surface area contributed by atoms with E-state index in [0.29, 0.717) is 30.1 Å². The first-order valence-corrected chi connectivity index (χ1v) is 10.8. The van der Waals surface area contributed by atoms with Crippen LogP contribution in [0.5, 0.6) is 0 Å². The standard InChI is InChI=1S/C22H25N5O2S/c1-14-9-10-19(26-25-14)27-12-11-22(18(28)13-27,17-7-5-4-6-8-17)24-21(29)20-15(2)23-16(3)30-20/h4-10,18,28H,11-13H2,1-3H3,(H,24,29)/t18-,22-/m1/s1. The number of hydrogen-bond acceptors (Lipinski definition) is 7. The lowest BCUT2D eigenvalue weighted by Gasteiger charge is -2.46. The van der Waals surface area contributed by atoms with Crippen LogP contribution in [0.3, 0.4) is 0 Å². The van der Waals surface area contributed by atoms with Crippen LogP contribution in [-0.2, 0) is 5.54 Å². The highest BCUT2D eigenvalue weighted by Gasteiger charge is 2.45. The second-order valence-electron chi connectivity index (χ2n) is 7.68. The van der Waals surface area contributed by atoms with Gasteiger partial charge in [0, 0.05) is 13.1 Å².